The van der Waals surface area contributed by atoms with Gasteiger partial charge in [-0.05, 0) is 12.1 Å². The van der Waals surface area contributed by atoms with Crippen molar-refractivity contribution in [1.29, 1.82) is 0 Å². The monoisotopic (exact) mass is 370 g/mol. The van der Waals surface area contributed by atoms with E-state index >= 15 is 0 Å². The van der Waals surface area contributed by atoms with Crippen molar-refractivity contribution in [3.05, 3.63) is 50.5 Å². The Labute approximate surface area is 147 Å². The summed E-state index contributed by atoms with van der Waals surface area (Å²) < 4.78 is 10.5. The molecule has 0 amide bonds. The molecule has 2 aromatic carbocycles. The van der Waals surface area contributed by atoms with Gasteiger partial charge in [0, 0.05) is 18.6 Å². The van der Waals surface area contributed by atoms with Gasteiger partial charge < -0.3 is 15.2 Å². The molecule has 0 atom stereocenters. The van der Waals surface area contributed by atoms with Crippen molar-refractivity contribution in [2.75, 3.05) is 5.73 Å². The maximum absolute atomic E-state index is 11.3. The molecule has 0 aromatic heterocycles. The number of hydrogen-bond acceptors (Lipinski definition) is 6. The summed E-state index contributed by atoms with van der Waals surface area (Å²) in [5.41, 5.74) is 5.23. The summed E-state index contributed by atoms with van der Waals surface area (Å²) in [6.45, 7) is 1.65. The number of rotatable bonds is 5. The van der Waals surface area contributed by atoms with E-state index in [-0.39, 0.29) is 45.1 Å². The number of benzene rings is 2. The predicted molar refractivity (Wildman–Crippen MR) is 90.0 cm³/mol. The average molecular weight is 371 g/mol. The molecule has 0 saturated heterocycles. The van der Waals surface area contributed by atoms with Gasteiger partial charge in [-0.3, -0.25) is 14.9 Å². The van der Waals surface area contributed by atoms with E-state index in [9.17, 15) is 14.9 Å². The second-order valence-corrected chi connectivity index (χ2v) is 5.44. The Balaban J connectivity index is 2.32. The highest BCUT2D eigenvalue weighted by Crippen LogP contribution is 2.40. The lowest BCUT2D eigenvalue weighted by Crippen LogP contribution is -2.05. The first-order valence-electron chi connectivity index (χ1n) is 6.73. The summed E-state index contributed by atoms with van der Waals surface area (Å²) in [7, 11) is 0. The fourth-order valence-corrected chi connectivity index (χ4v) is 2.30. The zero-order chi connectivity index (χ0) is 17.9. The van der Waals surface area contributed by atoms with Crippen LogP contribution in [0.15, 0.2) is 30.3 Å². The van der Waals surface area contributed by atoms with Gasteiger partial charge in [0.15, 0.2) is 5.75 Å². The molecule has 0 aliphatic heterocycles. The molecule has 0 fully saturated rings. The number of carbonyl (C=O) groups is 1. The SMILES string of the molecule is CCC(=O)Oc1cc(Cl)c(Oc2ccc(N)c([N+](=O)[O-])c2)c(Cl)c1. The zero-order valence-corrected chi connectivity index (χ0v) is 13.9. The number of halogens is 2. The number of esters is 1. The van der Waals surface area contributed by atoms with E-state index in [2.05, 4.69) is 0 Å². The smallest absolute Gasteiger partial charge is 0.310 e. The van der Waals surface area contributed by atoms with Crippen LogP contribution in [0.2, 0.25) is 10.0 Å². The van der Waals surface area contributed by atoms with E-state index in [1.807, 2.05) is 0 Å². The second-order valence-electron chi connectivity index (χ2n) is 4.62. The molecule has 0 radical (unpaired) electrons. The maximum atomic E-state index is 11.3. The van der Waals surface area contributed by atoms with Crippen LogP contribution in [0.3, 0.4) is 0 Å². The summed E-state index contributed by atoms with van der Waals surface area (Å²) in [4.78, 5) is 21.6. The Morgan fingerprint density at radius 3 is 2.38 bits per heavy atom. The Kier molecular flexibility index (Phi) is 5.48. The van der Waals surface area contributed by atoms with Crippen molar-refractivity contribution in [2.24, 2.45) is 0 Å². The molecule has 126 valence electrons. The average Bonchev–Trinajstić information content (AvgIpc) is 2.52. The molecule has 0 heterocycles. The van der Waals surface area contributed by atoms with Crippen LogP contribution in [0.5, 0.6) is 17.2 Å². The van der Waals surface area contributed by atoms with E-state index in [1.165, 1.54) is 24.3 Å². The van der Waals surface area contributed by atoms with Gasteiger partial charge in [-0.25, -0.2) is 0 Å². The van der Waals surface area contributed by atoms with Gasteiger partial charge in [0.05, 0.1) is 21.0 Å². The third-order valence-corrected chi connectivity index (χ3v) is 3.47. The number of nitrogens with zero attached hydrogens (tertiary/aromatic N) is 1. The van der Waals surface area contributed by atoms with Crippen molar-refractivity contribution in [3.8, 4) is 17.2 Å². The lowest BCUT2D eigenvalue weighted by Gasteiger charge is -2.12. The van der Waals surface area contributed by atoms with Crippen molar-refractivity contribution >= 4 is 40.5 Å². The van der Waals surface area contributed by atoms with E-state index in [0.29, 0.717) is 0 Å². The largest absolute Gasteiger partial charge is 0.454 e. The van der Waals surface area contributed by atoms with E-state index < -0.39 is 10.9 Å². The fraction of sp³-hybridized carbons (Fsp3) is 0.133. The quantitative estimate of drug-likeness (QED) is 0.271. The lowest BCUT2D eigenvalue weighted by atomic mass is 10.2. The van der Waals surface area contributed by atoms with Gasteiger partial charge in [-0.1, -0.05) is 30.1 Å². The number of hydrogen-bond donors (Lipinski definition) is 1. The second kappa shape index (κ2) is 7.37. The van der Waals surface area contributed by atoms with Crippen molar-refractivity contribution in [3.63, 3.8) is 0 Å². The summed E-state index contributed by atoms with van der Waals surface area (Å²) in [5.74, 6) is -0.0517. The highest BCUT2D eigenvalue weighted by molar-refractivity contribution is 6.37. The van der Waals surface area contributed by atoms with Gasteiger partial charge in [-0.15, -0.1) is 0 Å². The number of nitrogen functional groups attached to an aromatic ring is 1. The van der Waals surface area contributed by atoms with Crippen LogP contribution in [0, 0.1) is 10.1 Å². The van der Waals surface area contributed by atoms with Crippen LogP contribution < -0.4 is 15.2 Å². The minimum Gasteiger partial charge on any atom is -0.454 e. The van der Waals surface area contributed by atoms with Crippen LogP contribution >= 0.6 is 23.2 Å². The highest BCUT2D eigenvalue weighted by Gasteiger charge is 2.17. The lowest BCUT2D eigenvalue weighted by molar-refractivity contribution is -0.384. The minimum atomic E-state index is -0.626. The van der Waals surface area contributed by atoms with Gasteiger partial charge in [-0.2, -0.15) is 0 Å². The molecule has 0 aliphatic rings. The van der Waals surface area contributed by atoms with Crippen LogP contribution in [0.25, 0.3) is 0 Å². The first-order valence-corrected chi connectivity index (χ1v) is 7.49. The first-order chi connectivity index (χ1) is 11.3. The Morgan fingerprint density at radius 1 is 1.21 bits per heavy atom. The Hall–Kier alpha value is -2.51. The van der Waals surface area contributed by atoms with Crippen molar-refractivity contribution < 1.29 is 19.2 Å². The number of carbonyl (C=O) groups excluding carboxylic acids is 1. The van der Waals surface area contributed by atoms with Gasteiger partial charge in [0.25, 0.3) is 5.69 Å². The molecule has 0 spiro atoms. The molecule has 9 heteroatoms. The van der Waals surface area contributed by atoms with Gasteiger partial charge >= 0.3 is 5.97 Å². The Morgan fingerprint density at radius 2 is 1.83 bits per heavy atom. The number of ether oxygens (including phenoxy) is 2. The molecule has 0 aliphatic carbocycles. The summed E-state index contributed by atoms with van der Waals surface area (Å²) >= 11 is 12.2. The molecule has 0 bridgehead atoms. The fourth-order valence-electron chi connectivity index (χ4n) is 1.76. The van der Waals surface area contributed by atoms with E-state index in [1.54, 1.807) is 6.92 Å². The molecule has 0 saturated carbocycles. The van der Waals surface area contributed by atoms with Gasteiger partial charge in [0.2, 0.25) is 0 Å². The maximum Gasteiger partial charge on any atom is 0.310 e. The number of nitrogens with two attached hydrogens (primary N) is 1. The Bertz CT molecular complexity index is 787. The van der Waals surface area contributed by atoms with E-state index in [4.69, 9.17) is 38.4 Å². The van der Waals surface area contributed by atoms with Crippen LogP contribution in [-0.4, -0.2) is 10.9 Å². The number of nitro groups is 1. The zero-order valence-electron chi connectivity index (χ0n) is 12.4. The third-order valence-electron chi connectivity index (χ3n) is 2.91. The topological polar surface area (TPSA) is 105 Å². The van der Waals surface area contributed by atoms with E-state index in [0.717, 1.165) is 6.07 Å². The molecule has 0 unspecified atom stereocenters. The number of anilines is 1. The molecular formula is C15H12Cl2N2O5. The number of nitro benzene ring substituents is 1. The summed E-state index contributed by atoms with van der Waals surface area (Å²) in [6.07, 6.45) is 0.197. The standard InChI is InChI=1S/C15H12Cl2N2O5/c1-2-14(20)23-9-5-10(16)15(11(17)6-9)24-8-3-4-12(18)13(7-8)19(21)22/h3-7H,2,18H2,1H3. The highest BCUT2D eigenvalue weighted by atomic mass is 35.5. The normalized spacial score (nSPS) is 10.3. The van der Waals surface area contributed by atoms with Crippen molar-refractivity contribution in [2.45, 2.75) is 13.3 Å². The minimum absolute atomic E-state index is 0.00590. The van der Waals surface area contributed by atoms with Crippen LogP contribution in [-0.2, 0) is 4.79 Å². The van der Waals surface area contributed by atoms with Gasteiger partial charge in [0.1, 0.15) is 17.2 Å². The molecule has 2 rings (SSSR count). The first kappa shape index (κ1) is 17.8. The molecular weight excluding hydrogens is 359 g/mol. The van der Waals surface area contributed by atoms with Crippen molar-refractivity contribution in [1.82, 2.24) is 0 Å². The summed E-state index contributed by atoms with van der Waals surface area (Å²) in [5, 5.41) is 11.1. The molecule has 7 nitrogen and oxygen atoms in total. The molecule has 2 aromatic rings. The third kappa shape index (κ3) is 4.06. The van der Waals surface area contributed by atoms with Crippen LogP contribution in [0.4, 0.5) is 11.4 Å². The summed E-state index contributed by atoms with van der Waals surface area (Å²) in [6, 6.07) is 6.67. The predicted octanol–water partition coefficient (Wildman–Crippen LogP) is 4.59. The molecule has 2 N–H and O–H groups in total. The van der Waals surface area contributed by atoms with Crippen LogP contribution in [0.1, 0.15) is 13.3 Å². The molecule has 24 heavy (non-hydrogen) atoms.